The second-order valence-electron chi connectivity index (χ2n) is 4.33. The Hall–Kier alpha value is -1.57. The molecule has 0 aromatic heterocycles. The maximum atomic E-state index is 12.0. The van der Waals surface area contributed by atoms with Gasteiger partial charge in [0.05, 0.1) is 17.2 Å². The fourth-order valence-corrected chi connectivity index (χ4v) is 2.20. The number of piperidine rings is 1. The number of anilines is 1. The van der Waals surface area contributed by atoms with Crippen LogP contribution in [0.5, 0.6) is 0 Å². The van der Waals surface area contributed by atoms with Crippen LogP contribution >= 0.6 is 11.6 Å². The Labute approximate surface area is 111 Å². The Kier molecular flexibility index (Phi) is 4.19. The minimum absolute atomic E-state index is 0.0377. The molecular weight excluding hydrogens is 250 g/mol. The summed E-state index contributed by atoms with van der Waals surface area (Å²) in [6, 6.07) is 6.89. The van der Waals surface area contributed by atoms with Crippen molar-refractivity contribution >= 4 is 23.2 Å². The van der Waals surface area contributed by atoms with E-state index >= 15 is 0 Å². The molecule has 0 radical (unpaired) electrons. The minimum Gasteiger partial charge on any atom is -0.325 e. The lowest BCUT2D eigenvalue weighted by Gasteiger charge is -2.22. The van der Waals surface area contributed by atoms with Crippen molar-refractivity contribution in [2.24, 2.45) is 5.92 Å². The van der Waals surface area contributed by atoms with Crippen LogP contribution in [-0.4, -0.2) is 19.0 Å². The number of carbonyl (C=O) groups is 1. The highest BCUT2D eigenvalue weighted by Gasteiger charge is 2.21. The molecule has 5 heteroatoms. The summed E-state index contributed by atoms with van der Waals surface area (Å²) in [5, 5.41) is 15.5. The number of benzene rings is 1. The van der Waals surface area contributed by atoms with Gasteiger partial charge in [-0.1, -0.05) is 11.6 Å². The highest BCUT2D eigenvalue weighted by atomic mass is 35.5. The third-order valence-electron chi connectivity index (χ3n) is 3.03. The minimum atomic E-state index is -0.0547. The first-order valence-electron chi connectivity index (χ1n) is 5.92. The smallest absolute Gasteiger partial charge is 0.228 e. The van der Waals surface area contributed by atoms with E-state index in [2.05, 4.69) is 10.6 Å². The van der Waals surface area contributed by atoms with Crippen LogP contribution < -0.4 is 10.6 Å². The van der Waals surface area contributed by atoms with Gasteiger partial charge >= 0.3 is 0 Å². The first-order valence-corrected chi connectivity index (χ1v) is 6.29. The number of nitrogens with one attached hydrogen (secondary N) is 2. The first-order chi connectivity index (χ1) is 8.70. The molecule has 1 aliphatic rings. The van der Waals surface area contributed by atoms with Crippen LogP contribution in [0.1, 0.15) is 18.4 Å². The van der Waals surface area contributed by atoms with Gasteiger partial charge in [0.15, 0.2) is 0 Å². The molecule has 94 valence electrons. The average molecular weight is 264 g/mol. The lowest BCUT2D eigenvalue weighted by Crippen LogP contribution is -2.37. The second kappa shape index (κ2) is 5.85. The monoisotopic (exact) mass is 263 g/mol. The summed E-state index contributed by atoms with van der Waals surface area (Å²) in [5.74, 6) is -0.0924. The third-order valence-corrected chi connectivity index (χ3v) is 3.26. The summed E-state index contributed by atoms with van der Waals surface area (Å²) in [6.07, 6.45) is 1.88. The molecule has 0 aliphatic carbocycles. The molecule has 1 aromatic rings. The molecule has 1 aliphatic heterocycles. The highest BCUT2D eigenvalue weighted by Crippen LogP contribution is 2.22. The zero-order valence-electron chi connectivity index (χ0n) is 9.87. The fraction of sp³-hybridized carbons (Fsp3) is 0.385. The van der Waals surface area contributed by atoms with E-state index in [1.165, 1.54) is 0 Å². The molecule has 1 saturated heterocycles. The van der Waals surface area contributed by atoms with Gasteiger partial charge in [-0.15, -0.1) is 0 Å². The van der Waals surface area contributed by atoms with Crippen molar-refractivity contribution in [3.05, 3.63) is 28.8 Å². The molecule has 0 saturated carbocycles. The molecular formula is C13H14ClN3O. The SMILES string of the molecule is N#Cc1ccc(Cl)cc1NC(=O)[C@@H]1CCCNC1. The predicted molar refractivity (Wildman–Crippen MR) is 70.4 cm³/mol. The van der Waals surface area contributed by atoms with Gasteiger partial charge in [-0.2, -0.15) is 5.26 Å². The lowest BCUT2D eigenvalue weighted by atomic mass is 9.98. The molecule has 1 fully saturated rings. The molecule has 0 spiro atoms. The molecule has 0 bridgehead atoms. The third kappa shape index (κ3) is 3.00. The van der Waals surface area contributed by atoms with Crippen LogP contribution in [0.15, 0.2) is 18.2 Å². The maximum Gasteiger partial charge on any atom is 0.228 e. The Morgan fingerprint density at radius 3 is 3.06 bits per heavy atom. The van der Waals surface area contributed by atoms with E-state index in [1.807, 2.05) is 6.07 Å². The Balaban J connectivity index is 2.11. The molecule has 1 aromatic carbocycles. The summed E-state index contributed by atoms with van der Waals surface area (Å²) in [6.45, 7) is 1.65. The first kappa shape index (κ1) is 12.9. The van der Waals surface area contributed by atoms with E-state index in [4.69, 9.17) is 16.9 Å². The number of rotatable bonds is 2. The molecule has 4 nitrogen and oxygen atoms in total. The standard InChI is InChI=1S/C13H14ClN3O/c14-11-4-3-9(7-15)12(6-11)17-13(18)10-2-1-5-16-8-10/h3-4,6,10,16H,1-2,5,8H2,(H,17,18)/t10-/m1/s1. The van der Waals surface area contributed by atoms with Gasteiger partial charge in [-0.3, -0.25) is 4.79 Å². The summed E-state index contributed by atoms with van der Waals surface area (Å²) >= 11 is 5.87. The van der Waals surface area contributed by atoms with Gasteiger partial charge < -0.3 is 10.6 Å². The molecule has 1 atom stereocenters. The van der Waals surface area contributed by atoms with Crippen LogP contribution in [0, 0.1) is 17.2 Å². The van der Waals surface area contributed by atoms with Crippen molar-refractivity contribution in [2.45, 2.75) is 12.8 Å². The molecule has 1 amide bonds. The number of halogens is 1. The summed E-state index contributed by atoms with van der Waals surface area (Å²) in [5.41, 5.74) is 0.914. The molecule has 18 heavy (non-hydrogen) atoms. The van der Waals surface area contributed by atoms with E-state index in [0.29, 0.717) is 22.8 Å². The van der Waals surface area contributed by atoms with Crippen LogP contribution in [0.3, 0.4) is 0 Å². The number of carbonyl (C=O) groups excluding carboxylic acids is 1. The number of nitriles is 1. The van der Waals surface area contributed by atoms with Gasteiger partial charge in [0.2, 0.25) is 5.91 Å². The van der Waals surface area contributed by atoms with Crippen LogP contribution in [0.25, 0.3) is 0 Å². The van der Waals surface area contributed by atoms with Gasteiger partial charge in [0.1, 0.15) is 6.07 Å². The molecule has 0 unspecified atom stereocenters. The van der Waals surface area contributed by atoms with Crippen LogP contribution in [-0.2, 0) is 4.79 Å². The van der Waals surface area contributed by atoms with E-state index in [9.17, 15) is 4.79 Å². The fourth-order valence-electron chi connectivity index (χ4n) is 2.03. The van der Waals surface area contributed by atoms with Crippen molar-refractivity contribution in [3.63, 3.8) is 0 Å². The van der Waals surface area contributed by atoms with Gasteiger partial charge in [-0.05, 0) is 37.6 Å². The second-order valence-corrected chi connectivity index (χ2v) is 4.77. The predicted octanol–water partition coefficient (Wildman–Crippen LogP) is 2.15. The van der Waals surface area contributed by atoms with Gasteiger partial charge in [-0.25, -0.2) is 0 Å². The van der Waals surface area contributed by atoms with Crippen molar-refractivity contribution in [1.29, 1.82) is 5.26 Å². The van der Waals surface area contributed by atoms with E-state index in [-0.39, 0.29) is 11.8 Å². The lowest BCUT2D eigenvalue weighted by molar-refractivity contribution is -0.120. The highest BCUT2D eigenvalue weighted by molar-refractivity contribution is 6.31. The van der Waals surface area contributed by atoms with Crippen molar-refractivity contribution in [3.8, 4) is 6.07 Å². The zero-order chi connectivity index (χ0) is 13.0. The number of nitrogens with zero attached hydrogens (tertiary/aromatic N) is 1. The van der Waals surface area contributed by atoms with E-state index < -0.39 is 0 Å². The molecule has 2 N–H and O–H groups in total. The number of amides is 1. The quantitative estimate of drug-likeness (QED) is 0.859. The Bertz CT molecular complexity index is 489. The maximum absolute atomic E-state index is 12.0. The van der Waals surface area contributed by atoms with E-state index in [0.717, 1.165) is 19.4 Å². The van der Waals surface area contributed by atoms with Crippen LogP contribution in [0.4, 0.5) is 5.69 Å². The van der Waals surface area contributed by atoms with Gasteiger partial charge in [0, 0.05) is 11.6 Å². The van der Waals surface area contributed by atoms with E-state index in [1.54, 1.807) is 18.2 Å². The molecule has 1 heterocycles. The Morgan fingerprint density at radius 2 is 2.39 bits per heavy atom. The molecule has 2 rings (SSSR count). The summed E-state index contributed by atoms with van der Waals surface area (Å²) < 4.78 is 0. The van der Waals surface area contributed by atoms with Gasteiger partial charge in [0.25, 0.3) is 0 Å². The van der Waals surface area contributed by atoms with Crippen molar-refractivity contribution < 1.29 is 4.79 Å². The largest absolute Gasteiger partial charge is 0.325 e. The average Bonchev–Trinajstić information content (AvgIpc) is 2.40. The number of hydrogen-bond donors (Lipinski definition) is 2. The normalized spacial score (nSPS) is 19.0. The summed E-state index contributed by atoms with van der Waals surface area (Å²) in [7, 11) is 0. The van der Waals surface area contributed by atoms with Crippen molar-refractivity contribution in [2.75, 3.05) is 18.4 Å². The zero-order valence-corrected chi connectivity index (χ0v) is 10.6. The number of hydrogen-bond acceptors (Lipinski definition) is 3. The Morgan fingerprint density at radius 1 is 1.56 bits per heavy atom. The summed E-state index contributed by atoms with van der Waals surface area (Å²) in [4.78, 5) is 12.0. The van der Waals surface area contributed by atoms with Crippen LogP contribution in [0.2, 0.25) is 5.02 Å². The van der Waals surface area contributed by atoms with Crippen molar-refractivity contribution in [1.82, 2.24) is 5.32 Å². The topological polar surface area (TPSA) is 64.9 Å².